The molecule has 1 aromatic carbocycles. The van der Waals surface area contributed by atoms with Crippen molar-refractivity contribution in [2.24, 2.45) is 0 Å². The second-order valence-electron chi connectivity index (χ2n) is 6.38. The Morgan fingerprint density at radius 2 is 2.00 bits per heavy atom. The van der Waals surface area contributed by atoms with Crippen LogP contribution >= 0.6 is 12.4 Å². The molecule has 2 bridgehead atoms. The van der Waals surface area contributed by atoms with Crippen molar-refractivity contribution in [3.63, 3.8) is 0 Å². The minimum absolute atomic E-state index is 0. The fourth-order valence-corrected chi connectivity index (χ4v) is 3.71. The number of carbonyl (C=O) groups excluding carboxylic acids is 1. The van der Waals surface area contributed by atoms with Crippen molar-refractivity contribution >= 4 is 18.3 Å². The Hall–Kier alpha value is -1.66. The van der Waals surface area contributed by atoms with Gasteiger partial charge in [-0.3, -0.25) is 4.79 Å². The molecule has 3 aliphatic heterocycles. The lowest BCUT2D eigenvalue weighted by molar-refractivity contribution is 0.0746. The molecule has 0 spiro atoms. The average molecular weight is 355 g/mol. The summed E-state index contributed by atoms with van der Waals surface area (Å²) in [6.45, 7) is 2.55. The van der Waals surface area contributed by atoms with Crippen molar-refractivity contribution in [3.8, 4) is 17.2 Å². The van der Waals surface area contributed by atoms with Gasteiger partial charge in [0.15, 0.2) is 11.5 Å². The summed E-state index contributed by atoms with van der Waals surface area (Å²) in [4.78, 5) is 14.9. The highest BCUT2D eigenvalue weighted by Crippen LogP contribution is 2.40. The van der Waals surface area contributed by atoms with Crippen LogP contribution in [-0.2, 0) is 0 Å². The van der Waals surface area contributed by atoms with Crippen molar-refractivity contribution < 1.29 is 19.0 Å². The minimum Gasteiger partial charge on any atom is -0.493 e. The van der Waals surface area contributed by atoms with Crippen LogP contribution in [0, 0.1) is 0 Å². The molecule has 4 rings (SSSR count). The van der Waals surface area contributed by atoms with Crippen molar-refractivity contribution in [1.29, 1.82) is 0 Å². The van der Waals surface area contributed by atoms with E-state index in [1.54, 1.807) is 19.2 Å². The third kappa shape index (κ3) is 3.13. The summed E-state index contributed by atoms with van der Waals surface area (Å²) in [5.41, 5.74) is 0.601. The number of methoxy groups -OCH3 is 1. The first-order valence-electron chi connectivity index (χ1n) is 8.27. The predicted molar refractivity (Wildman–Crippen MR) is 91.7 cm³/mol. The molecule has 2 saturated heterocycles. The van der Waals surface area contributed by atoms with E-state index in [9.17, 15) is 4.79 Å². The first-order valence-corrected chi connectivity index (χ1v) is 8.27. The number of nitrogens with one attached hydrogen (secondary N) is 1. The molecule has 0 aromatic heterocycles. The number of rotatable bonds is 2. The fourth-order valence-electron chi connectivity index (χ4n) is 3.71. The van der Waals surface area contributed by atoms with Crippen molar-refractivity contribution in [2.75, 3.05) is 33.4 Å². The zero-order valence-electron chi connectivity index (χ0n) is 13.7. The smallest absolute Gasteiger partial charge is 0.254 e. The molecule has 0 radical (unpaired) electrons. The number of fused-ring (bicyclic) bond motifs is 3. The molecule has 2 fully saturated rings. The van der Waals surface area contributed by atoms with Gasteiger partial charge in [0.1, 0.15) is 13.2 Å². The number of ether oxygens (including phenoxy) is 3. The van der Waals surface area contributed by atoms with Crippen LogP contribution in [0.25, 0.3) is 0 Å². The molecule has 3 heterocycles. The highest BCUT2D eigenvalue weighted by Gasteiger charge is 2.32. The maximum absolute atomic E-state index is 12.9. The van der Waals surface area contributed by atoms with Crippen molar-refractivity contribution in [2.45, 2.75) is 31.3 Å². The molecule has 7 heteroatoms. The van der Waals surface area contributed by atoms with Crippen LogP contribution in [0.1, 0.15) is 29.6 Å². The van der Waals surface area contributed by atoms with Gasteiger partial charge in [-0.05, 0) is 31.4 Å². The Morgan fingerprint density at radius 3 is 2.83 bits per heavy atom. The molecule has 2 unspecified atom stereocenters. The van der Waals surface area contributed by atoms with Gasteiger partial charge in [0.2, 0.25) is 5.75 Å². The van der Waals surface area contributed by atoms with Gasteiger partial charge in [0.25, 0.3) is 5.91 Å². The fraction of sp³-hybridized carbons (Fsp3) is 0.588. The summed E-state index contributed by atoms with van der Waals surface area (Å²) < 4.78 is 16.6. The van der Waals surface area contributed by atoms with Crippen LogP contribution < -0.4 is 19.5 Å². The van der Waals surface area contributed by atoms with E-state index in [4.69, 9.17) is 14.2 Å². The standard InChI is InChI=1S/C17H22N2O4.ClH/c1-21-14-8-11(9-15-16(14)23-7-6-22-15)17(20)19-5-4-12-2-3-13(10-19)18-12;/h8-9,12-13,18H,2-7,10H2,1H3;1H. The summed E-state index contributed by atoms with van der Waals surface area (Å²) in [5.74, 6) is 1.77. The summed E-state index contributed by atoms with van der Waals surface area (Å²) in [7, 11) is 1.58. The Morgan fingerprint density at radius 1 is 1.21 bits per heavy atom. The molecular formula is C17H23ClN2O4. The molecule has 132 valence electrons. The zero-order valence-corrected chi connectivity index (χ0v) is 14.6. The van der Waals surface area contributed by atoms with Gasteiger partial charge < -0.3 is 24.4 Å². The monoisotopic (exact) mass is 354 g/mol. The van der Waals surface area contributed by atoms with Crippen LogP contribution in [0.4, 0.5) is 0 Å². The quantitative estimate of drug-likeness (QED) is 0.878. The topological polar surface area (TPSA) is 60.0 Å². The van der Waals surface area contributed by atoms with Gasteiger partial charge in [0.05, 0.1) is 7.11 Å². The number of carbonyl (C=O) groups is 1. The lowest BCUT2D eigenvalue weighted by Gasteiger charge is -2.26. The summed E-state index contributed by atoms with van der Waals surface area (Å²) >= 11 is 0. The van der Waals surface area contributed by atoms with Crippen LogP contribution in [0.2, 0.25) is 0 Å². The maximum atomic E-state index is 12.9. The van der Waals surface area contributed by atoms with E-state index in [-0.39, 0.29) is 18.3 Å². The van der Waals surface area contributed by atoms with Gasteiger partial charge in [0, 0.05) is 30.7 Å². The molecule has 6 nitrogen and oxygen atoms in total. The predicted octanol–water partition coefficient (Wildman–Crippen LogP) is 1.85. The minimum atomic E-state index is 0. The summed E-state index contributed by atoms with van der Waals surface area (Å²) in [6, 6.07) is 4.51. The molecule has 2 atom stereocenters. The van der Waals surface area contributed by atoms with Gasteiger partial charge in [-0.25, -0.2) is 0 Å². The largest absolute Gasteiger partial charge is 0.493 e. The second kappa shape index (κ2) is 7.07. The van der Waals surface area contributed by atoms with Crippen LogP contribution in [0.5, 0.6) is 17.2 Å². The normalized spacial score (nSPS) is 24.8. The van der Waals surface area contributed by atoms with E-state index in [2.05, 4.69) is 5.32 Å². The summed E-state index contributed by atoms with van der Waals surface area (Å²) in [5, 5.41) is 3.60. The number of hydrogen-bond acceptors (Lipinski definition) is 5. The second-order valence-corrected chi connectivity index (χ2v) is 6.38. The molecule has 3 aliphatic rings. The van der Waals surface area contributed by atoms with E-state index in [0.717, 1.165) is 25.9 Å². The molecule has 1 amide bonds. The van der Waals surface area contributed by atoms with E-state index in [1.807, 2.05) is 4.90 Å². The Bertz CT molecular complexity index is 608. The molecule has 0 aliphatic carbocycles. The van der Waals surface area contributed by atoms with Crippen LogP contribution in [0.15, 0.2) is 12.1 Å². The third-order valence-electron chi connectivity index (χ3n) is 4.89. The highest BCUT2D eigenvalue weighted by atomic mass is 35.5. The first-order chi connectivity index (χ1) is 11.2. The average Bonchev–Trinajstić information content (AvgIpc) is 2.92. The highest BCUT2D eigenvalue weighted by molar-refractivity contribution is 5.95. The number of halogens is 1. The van der Waals surface area contributed by atoms with Gasteiger partial charge in [-0.1, -0.05) is 0 Å². The number of nitrogens with zero attached hydrogens (tertiary/aromatic N) is 1. The Labute approximate surface area is 147 Å². The molecule has 0 saturated carbocycles. The van der Waals surface area contributed by atoms with E-state index < -0.39 is 0 Å². The zero-order chi connectivity index (χ0) is 15.8. The molecular weight excluding hydrogens is 332 g/mol. The van der Waals surface area contributed by atoms with E-state index >= 15 is 0 Å². The molecule has 1 N–H and O–H groups in total. The van der Waals surface area contributed by atoms with E-state index in [0.29, 0.717) is 48.1 Å². The Kier molecular flexibility index (Phi) is 5.06. The van der Waals surface area contributed by atoms with Crippen LogP contribution in [0.3, 0.4) is 0 Å². The third-order valence-corrected chi connectivity index (χ3v) is 4.89. The van der Waals surface area contributed by atoms with Gasteiger partial charge in [-0.15, -0.1) is 12.4 Å². The lowest BCUT2D eigenvalue weighted by atomic mass is 10.1. The SMILES string of the molecule is COc1cc(C(=O)N2CCC3CCC(C2)N3)cc2c1OCCO2.Cl. The number of benzene rings is 1. The molecule has 1 aromatic rings. The van der Waals surface area contributed by atoms with Crippen LogP contribution in [-0.4, -0.2) is 56.3 Å². The van der Waals surface area contributed by atoms with Crippen molar-refractivity contribution in [1.82, 2.24) is 10.2 Å². The van der Waals surface area contributed by atoms with Crippen molar-refractivity contribution in [3.05, 3.63) is 17.7 Å². The number of hydrogen-bond donors (Lipinski definition) is 1. The number of amides is 1. The summed E-state index contributed by atoms with van der Waals surface area (Å²) in [6.07, 6.45) is 3.40. The van der Waals surface area contributed by atoms with E-state index in [1.165, 1.54) is 6.42 Å². The lowest BCUT2D eigenvalue weighted by Crippen LogP contribution is -2.39. The Balaban J connectivity index is 0.00000169. The first kappa shape index (κ1) is 17.2. The van der Waals surface area contributed by atoms with Gasteiger partial charge in [-0.2, -0.15) is 0 Å². The molecule has 24 heavy (non-hydrogen) atoms. The number of likely N-dealkylation sites (tertiary alicyclic amines) is 1. The maximum Gasteiger partial charge on any atom is 0.254 e. The van der Waals surface area contributed by atoms with Gasteiger partial charge >= 0.3 is 0 Å².